The van der Waals surface area contributed by atoms with Crippen molar-refractivity contribution in [3.8, 4) is 0 Å². The minimum atomic E-state index is 0.760. The van der Waals surface area contributed by atoms with Crippen molar-refractivity contribution in [2.45, 2.75) is 30.0 Å². The Labute approximate surface area is 155 Å². The molecule has 25 heavy (non-hydrogen) atoms. The molecule has 4 rings (SSSR count). The number of hydrogen-bond donors (Lipinski definition) is 1. The van der Waals surface area contributed by atoms with Crippen LogP contribution in [0.5, 0.6) is 0 Å². The van der Waals surface area contributed by atoms with Gasteiger partial charge >= 0.3 is 0 Å². The summed E-state index contributed by atoms with van der Waals surface area (Å²) < 4.78 is 2.36. The first-order valence-corrected chi connectivity index (χ1v) is 9.97. The van der Waals surface area contributed by atoms with E-state index < -0.39 is 0 Å². The number of rotatable bonds is 5. The molecule has 0 saturated carbocycles. The summed E-state index contributed by atoms with van der Waals surface area (Å²) >= 11 is 3.56. The van der Waals surface area contributed by atoms with Gasteiger partial charge in [0.2, 0.25) is 0 Å². The second kappa shape index (κ2) is 7.80. The van der Waals surface area contributed by atoms with Crippen LogP contribution in [0.2, 0.25) is 0 Å². The van der Waals surface area contributed by atoms with E-state index in [0.717, 1.165) is 28.5 Å². The van der Waals surface area contributed by atoms with E-state index in [9.17, 15) is 0 Å². The van der Waals surface area contributed by atoms with Gasteiger partial charge in [-0.1, -0.05) is 30.0 Å². The Morgan fingerprint density at radius 1 is 1.08 bits per heavy atom. The molecule has 0 fully saturated rings. The molecule has 1 aliphatic carbocycles. The average Bonchev–Trinajstić information content (AvgIpc) is 3.06. The topological polar surface area (TPSA) is 50.2 Å². The maximum Gasteiger partial charge on any atom is 0.155 e. The molecular formula is C19H18N4S2. The quantitative estimate of drug-likeness (QED) is 0.464. The maximum atomic E-state index is 4.75. The molecule has 1 aromatic carbocycles. The van der Waals surface area contributed by atoms with Gasteiger partial charge in [0, 0.05) is 6.20 Å². The van der Waals surface area contributed by atoms with Crippen LogP contribution in [0.25, 0.3) is 10.2 Å². The van der Waals surface area contributed by atoms with Gasteiger partial charge in [0.05, 0.1) is 16.4 Å². The molecule has 0 saturated heterocycles. The van der Waals surface area contributed by atoms with E-state index >= 15 is 0 Å². The summed E-state index contributed by atoms with van der Waals surface area (Å²) in [6, 6.07) is 14.1. The van der Waals surface area contributed by atoms with Crippen LogP contribution >= 0.6 is 23.1 Å². The number of fused-ring (bicyclic) bond motifs is 1. The molecular weight excluding hydrogens is 348 g/mol. The molecule has 0 aliphatic heterocycles. The molecule has 0 unspecified atom stereocenters. The van der Waals surface area contributed by atoms with Crippen molar-refractivity contribution in [1.29, 1.82) is 0 Å². The molecule has 6 heteroatoms. The highest BCUT2D eigenvalue weighted by Crippen LogP contribution is 2.39. The number of thioether (sulfide) groups is 1. The molecule has 2 aromatic heterocycles. The summed E-state index contributed by atoms with van der Waals surface area (Å²) in [6.45, 7) is 0. The number of para-hydroxylation sites is 1. The van der Waals surface area contributed by atoms with E-state index in [1.54, 1.807) is 29.3 Å². The molecule has 0 amide bonds. The summed E-state index contributed by atoms with van der Waals surface area (Å²) in [6.07, 6.45) is 8.33. The standard InChI is InChI=1S/C19H18N4S2/c1-3-9-16(24-19-22-15-8-2-4-10-17(15)25-19)14(7-1)13-21-23-18-11-5-6-12-20-18/h2,4-6,8,10-13H,1,3,7,9H2,(H,20,23)/b21-13-. The lowest BCUT2D eigenvalue weighted by Gasteiger charge is -2.16. The minimum Gasteiger partial charge on any atom is -0.261 e. The largest absolute Gasteiger partial charge is 0.261 e. The van der Waals surface area contributed by atoms with Crippen molar-refractivity contribution in [1.82, 2.24) is 9.97 Å². The lowest BCUT2D eigenvalue weighted by Crippen LogP contribution is -2.01. The number of hydrogen-bond acceptors (Lipinski definition) is 6. The van der Waals surface area contributed by atoms with E-state index in [1.165, 1.54) is 28.0 Å². The van der Waals surface area contributed by atoms with Crippen LogP contribution in [-0.2, 0) is 0 Å². The Morgan fingerprint density at radius 2 is 1.96 bits per heavy atom. The van der Waals surface area contributed by atoms with Gasteiger partial charge in [-0.05, 0) is 60.4 Å². The van der Waals surface area contributed by atoms with Crippen LogP contribution in [0.1, 0.15) is 25.7 Å². The summed E-state index contributed by atoms with van der Waals surface area (Å²) in [5.74, 6) is 0.760. The third kappa shape index (κ3) is 4.08. The van der Waals surface area contributed by atoms with E-state index in [4.69, 9.17) is 4.98 Å². The van der Waals surface area contributed by atoms with E-state index in [2.05, 4.69) is 33.7 Å². The second-order valence-corrected chi connectivity index (χ2v) is 8.16. The third-order valence-electron chi connectivity index (χ3n) is 4.01. The number of aromatic nitrogens is 2. The molecule has 2 heterocycles. The van der Waals surface area contributed by atoms with Crippen LogP contribution in [0, 0.1) is 0 Å². The SMILES string of the molecule is C(=N/Nc1ccccn1)/C1=C(Sc2nc3ccccc3s2)CCCC1. The predicted octanol–water partition coefficient (Wildman–Crippen LogP) is 5.71. The molecule has 126 valence electrons. The number of benzene rings is 1. The zero-order chi connectivity index (χ0) is 16.9. The van der Waals surface area contributed by atoms with Crippen LogP contribution < -0.4 is 5.43 Å². The Bertz CT molecular complexity index is 882. The number of hydrazone groups is 1. The van der Waals surface area contributed by atoms with Crippen LogP contribution in [0.4, 0.5) is 5.82 Å². The summed E-state index contributed by atoms with van der Waals surface area (Å²) in [7, 11) is 0. The first kappa shape index (κ1) is 16.3. The van der Waals surface area contributed by atoms with Gasteiger partial charge in [0.15, 0.2) is 4.34 Å². The molecule has 1 aliphatic rings. The van der Waals surface area contributed by atoms with Crippen molar-refractivity contribution >= 4 is 45.3 Å². The van der Waals surface area contributed by atoms with Crippen molar-refractivity contribution in [3.05, 3.63) is 59.1 Å². The first-order chi connectivity index (χ1) is 12.4. The number of thiazole rings is 1. The summed E-state index contributed by atoms with van der Waals surface area (Å²) in [4.78, 5) is 10.4. The Morgan fingerprint density at radius 3 is 2.84 bits per heavy atom. The Kier molecular flexibility index (Phi) is 5.09. The molecule has 0 bridgehead atoms. The second-order valence-electron chi connectivity index (χ2n) is 5.79. The van der Waals surface area contributed by atoms with Crippen LogP contribution in [0.15, 0.2) is 68.6 Å². The van der Waals surface area contributed by atoms with Gasteiger partial charge in [-0.25, -0.2) is 9.97 Å². The van der Waals surface area contributed by atoms with E-state index in [0.29, 0.717) is 0 Å². The monoisotopic (exact) mass is 366 g/mol. The average molecular weight is 367 g/mol. The van der Waals surface area contributed by atoms with Crippen molar-refractivity contribution < 1.29 is 0 Å². The van der Waals surface area contributed by atoms with Gasteiger partial charge in [-0.15, -0.1) is 11.3 Å². The Hall–Kier alpha value is -2.18. The molecule has 4 nitrogen and oxygen atoms in total. The number of nitrogens with zero attached hydrogens (tertiary/aromatic N) is 3. The fourth-order valence-electron chi connectivity index (χ4n) is 2.76. The highest BCUT2D eigenvalue weighted by Gasteiger charge is 2.15. The highest BCUT2D eigenvalue weighted by atomic mass is 32.2. The normalized spacial score (nSPS) is 15.2. The molecule has 0 spiro atoms. The number of anilines is 1. The number of allylic oxidation sites excluding steroid dienone is 2. The van der Waals surface area contributed by atoms with E-state index in [1.807, 2.05) is 30.5 Å². The lowest BCUT2D eigenvalue weighted by atomic mass is 10.0. The van der Waals surface area contributed by atoms with Gasteiger partial charge in [0.1, 0.15) is 5.82 Å². The Balaban J connectivity index is 1.52. The summed E-state index contributed by atoms with van der Waals surface area (Å²) in [5.41, 5.74) is 5.39. The molecule has 3 aromatic rings. The zero-order valence-electron chi connectivity index (χ0n) is 13.7. The first-order valence-electron chi connectivity index (χ1n) is 8.34. The number of pyridine rings is 1. The molecule has 0 atom stereocenters. The number of nitrogens with one attached hydrogen (secondary N) is 1. The van der Waals surface area contributed by atoms with Crippen LogP contribution in [-0.4, -0.2) is 16.2 Å². The fraction of sp³-hybridized carbons (Fsp3) is 0.211. The van der Waals surface area contributed by atoms with Crippen molar-refractivity contribution in [2.75, 3.05) is 5.43 Å². The fourth-order valence-corrected chi connectivity index (χ4v) is 5.08. The lowest BCUT2D eigenvalue weighted by molar-refractivity contribution is 0.711. The van der Waals surface area contributed by atoms with Gasteiger partial charge < -0.3 is 0 Å². The van der Waals surface area contributed by atoms with E-state index in [-0.39, 0.29) is 0 Å². The minimum absolute atomic E-state index is 0.760. The van der Waals surface area contributed by atoms with Crippen LogP contribution in [0.3, 0.4) is 0 Å². The van der Waals surface area contributed by atoms with Crippen molar-refractivity contribution in [2.24, 2.45) is 5.10 Å². The van der Waals surface area contributed by atoms with Gasteiger partial charge in [-0.2, -0.15) is 5.10 Å². The predicted molar refractivity (Wildman–Crippen MR) is 107 cm³/mol. The van der Waals surface area contributed by atoms with Gasteiger partial charge in [0.25, 0.3) is 0 Å². The zero-order valence-corrected chi connectivity index (χ0v) is 15.3. The molecule has 1 N–H and O–H groups in total. The molecule has 0 radical (unpaired) electrons. The maximum absolute atomic E-state index is 4.75. The van der Waals surface area contributed by atoms with Gasteiger partial charge in [-0.3, -0.25) is 5.43 Å². The summed E-state index contributed by atoms with van der Waals surface area (Å²) in [5, 5.41) is 4.37. The highest BCUT2D eigenvalue weighted by molar-refractivity contribution is 8.04. The third-order valence-corrected chi connectivity index (χ3v) is 6.32. The van der Waals surface area contributed by atoms with Crippen molar-refractivity contribution in [3.63, 3.8) is 0 Å². The smallest absolute Gasteiger partial charge is 0.155 e.